The minimum absolute atomic E-state index is 0.000792. The topological polar surface area (TPSA) is 151 Å². The van der Waals surface area contributed by atoms with Crippen LogP contribution in [0.4, 0.5) is 0 Å². The van der Waals surface area contributed by atoms with Crippen LogP contribution < -0.4 is 10.6 Å². The van der Waals surface area contributed by atoms with Crippen molar-refractivity contribution in [2.45, 2.75) is 143 Å². The molecule has 42 heavy (non-hydrogen) atoms. The third-order valence-corrected chi connectivity index (χ3v) is 9.21. The van der Waals surface area contributed by atoms with Crippen molar-refractivity contribution in [1.82, 2.24) is 20.4 Å². The first-order chi connectivity index (χ1) is 19.4. The molecule has 2 aliphatic rings. The number of nitrogens with one attached hydrogen (secondary N) is 2. The Labute approximate surface area is 253 Å². The van der Waals surface area contributed by atoms with Gasteiger partial charge in [0, 0.05) is 61.4 Å². The van der Waals surface area contributed by atoms with Crippen LogP contribution >= 0.6 is 15.6 Å². The molecule has 0 aromatic carbocycles. The van der Waals surface area contributed by atoms with Gasteiger partial charge in [0.15, 0.2) is 6.29 Å². The molecule has 15 heteroatoms. The molecule has 0 bridgehead atoms. The summed E-state index contributed by atoms with van der Waals surface area (Å²) in [5.74, 6) is 0. The minimum Gasteiger partial charge on any atom is -0.347 e. The van der Waals surface area contributed by atoms with E-state index in [9.17, 15) is 18.9 Å². The number of nitrogens with zero attached hydrogens (tertiary/aromatic N) is 2. The quantitative estimate of drug-likeness (QED) is 0.120. The van der Waals surface area contributed by atoms with Gasteiger partial charge in [-0.2, -0.15) is 0 Å². The highest BCUT2D eigenvalue weighted by atomic mass is 31.2. The third-order valence-electron chi connectivity index (χ3n) is 7.29. The van der Waals surface area contributed by atoms with Gasteiger partial charge in [-0.1, -0.05) is 27.7 Å². The van der Waals surface area contributed by atoms with E-state index < -0.39 is 34.6 Å². The number of hydrogen-bond donors (Lipinski definition) is 4. The van der Waals surface area contributed by atoms with Gasteiger partial charge in [0.25, 0.3) is 0 Å². The van der Waals surface area contributed by atoms with Crippen LogP contribution in [0.2, 0.25) is 0 Å². The first-order valence-corrected chi connectivity index (χ1v) is 18.3. The van der Waals surface area contributed by atoms with Crippen LogP contribution in [0.1, 0.15) is 82.1 Å². The average molecular weight is 645 g/mol. The molecule has 13 nitrogen and oxygen atoms in total. The first-order valence-electron chi connectivity index (χ1n) is 15.3. The smallest absolute Gasteiger partial charge is 0.347 e. The lowest BCUT2D eigenvalue weighted by molar-refractivity contribution is -0.140. The SMILES string of the molecule is CC(C)N[C@@H]1C[C@@H](COP(=O)(O)OCC(OC(C)C)OP(=O)(O)OC[C@H]2C[C@H](NC(C)C)CN2C(C)C)N(C(C)C)C1. The summed E-state index contributed by atoms with van der Waals surface area (Å²) < 4.78 is 52.4. The van der Waals surface area contributed by atoms with Gasteiger partial charge in [-0.3, -0.25) is 27.9 Å². The summed E-state index contributed by atoms with van der Waals surface area (Å²) in [6, 6.07) is 1.48. The van der Waals surface area contributed by atoms with Crippen molar-refractivity contribution in [2.24, 2.45) is 0 Å². The van der Waals surface area contributed by atoms with Gasteiger partial charge >= 0.3 is 15.6 Å². The van der Waals surface area contributed by atoms with E-state index in [1.54, 1.807) is 13.8 Å². The summed E-state index contributed by atoms with van der Waals surface area (Å²) in [4.78, 5) is 25.4. The predicted octanol–water partition coefficient (Wildman–Crippen LogP) is 3.70. The Morgan fingerprint density at radius 1 is 0.714 bits per heavy atom. The molecule has 0 amide bonds. The van der Waals surface area contributed by atoms with Crippen LogP contribution in [0.15, 0.2) is 0 Å². The number of hydrogen-bond acceptors (Lipinski definition) is 11. The van der Waals surface area contributed by atoms with Gasteiger partial charge in [0.05, 0.1) is 19.3 Å². The van der Waals surface area contributed by atoms with Gasteiger partial charge in [-0.05, 0) is 54.4 Å². The molecule has 0 aliphatic carbocycles. The Bertz CT molecular complexity index is 896. The molecule has 0 aromatic heterocycles. The van der Waals surface area contributed by atoms with Crippen molar-refractivity contribution in [3.63, 3.8) is 0 Å². The van der Waals surface area contributed by atoms with Crippen molar-refractivity contribution < 1.29 is 41.7 Å². The third kappa shape index (κ3) is 13.6. The van der Waals surface area contributed by atoms with E-state index in [0.717, 1.165) is 25.9 Å². The number of likely N-dealkylation sites (tertiary alicyclic amines) is 2. The fourth-order valence-electron chi connectivity index (χ4n) is 5.79. The van der Waals surface area contributed by atoms with Crippen molar-refractivity contribution in [3.8, 4) is 0 Å². The molecule has 3 unspecified atom stereocenters. The molecular weight excluding hydrogens is 586 g/mol. The molecule has 2 aliphatic heterocycles. The molecule has 0 saturated carbocycles. The Morgan fingerprint density at radius 2 is 1.14 bits per heavy atom. The molecule has 2 rings (SSSR count). The number of phosphoric ester groups is 2. The van der Waals surface area contributed by atoms with Crippen LogP contribution in [0.5, 0.6) is 0 Å². The van der Waals surface area contributed by atoms with E-state index in [-0.39, 0.29) is 49.5 Å². The standard InChI is InChI=1S/C27H58N4O9P2/c1-18(2)28-23-11-25(30(13-23)20(5)6)15-36-41(32,33)38-17-27(39-22(9)10)40-42(34,35)37-16-26-12-24(29-19(3)4)14-31(26)21(7)8/h18-29H,11-17H2,1-10H3,(H,32,33)(H,34,35)/t23-,24+,25+,26-,27?/m1/s1. The number of ether oxygens (including phenoxy) is 1. The molecule has 250 valence electrons. The maximum absolute atomic E-state index is 12.9. The predicted molar refractivity (Wildman–Crippen MR) is 163 cm³/mol. The van der Waals surface area contributed by atoms with E-state index in [1.165, 1.54) is 0 Å². The molecule has 2 heterocycles. The molecule has 4 N–H and O–H groups in total. The molecule has 2 saturated heterocycles. The summed E-state index contributed by atoms with van der Waals surface area (Å²) in [5, 5.41) is 7.04. The van der Waals surface area contributed by atoms with Crippen LogP contribution in [0.25, 0.3) is 0 Å². The fourth-order valence-corrected chi connectivity index (χ4v) is 7.36. The van der Waals surface area contributed by atoms with Crippen LogP contribution in [-0.2, 0) is 32.0 Å². The van der Waals surface area contributed by atoms with Crippen molar-refractivity contribution in [3.05, 3.63) is 0 Å². The Kier molecular flexibility index (Phi) is 15.5. The van der Waals surface area contributed by atoms with E-state index in [2.05, 4.69) is 75.8 Å². The van der Waals surface area contributed by atoms with Crippen molar-refractivity contribution >= 4 is 15.6 Å². The molecule has 7 atom stereocenters. The highest BCUT2D eigenvalue weighted by Crippen LogP contribution is 2.48. The lowest BCUT2D eigenvalue weighted by Gasteiger charge is -2.29. The van der Waals surface area contributed by atoms with Gasteiger partial charge in [0.1, 0.15) is 6.61 Å². The fraction of sp³-hybridized carbons (Fsp3) is 1.00. The summed E-state index contributed by atoms with van der Waals surface area (Å²) in [6.45, 7) is 21.1. The number of rotatable bonds is 19. The lowest BCUT2D eigenvalue weighted by Crippen LogP contribution is -2.40. The Hall–Kier alpha value is 0.0200. The van der Waals surface area contributed by atoms with Crippen molar-refractivity contribution in [2.75, 3.05) is 32.9 Å². The largest absolute Gasteiger partial charge is 0.474 e. The first kappa shape index (κ1) is 38.2. The molecule has 0 radical (unpaired) electrons. The van der Waals surface area contributed by atoms with Gasteiger partial charge in [0.2, 0.25) is 0 Å². The van der Waals surface area contributed by atoms with Crippen LogP contribution in [0.3, 0.4) is 0 Å². The Morgan fingerprint density at radius 3 is 1.52 bits per heavy atom. The zero-order chi connectivity index (χ0) is 31.8. The van der Waals surface area contributed by atoms with E-state index in [4.69, 9.17) is 22.8 Å². The second-order valence-corrected chi connectivity index (χ2v) is 15.8. The van der Waals surface area contributed by atoms with Crippen LogP contribution in [-0.4, -0.2) is 113 Å². The second kappa shape index (κ2) is 17.1. The monoisotopic (exact) mass is 644 g/mol. The lowest BCUT2D eigenvalue weighted by atomic mass is 10.1. The summed E-state index contributed by atoms with van der Waals surface area (Å²) in [7, 11) is -9.11. The molecule has 2 fully saturated rings. The second-order valence-electron chi connectivity index (χ2n) is 12.9. The zero-order valence-corrected chi connectivity index (χ0v) is 29.1. The van der Waals surface area contributed by atoms with Gasteiger partial charge < -0.3 is 25.2 Å². The zero-order valence-electron chi connectivity index (χ0n) is 27.3. The van der Waals surface area contributed by atoms with E-state index >= 15 is 0 Å². The highest BCUT2D eigenvalue weighted by Gasteiger charge is 2.39. The summed E-state index contributed by atoms with van der Waals surface area (Å²) >= 11 is 0. The summed E-state index contributed by atoms with van der Waals surface area (Å²) in [6.07, 6.45) is -0.314. The number of phosphoric acid groups is 2. The van der Waals surface area contributed by atoms with Crippen LogP contribution in [0, 0.1) is 0 Å². The van der Waals surface area contributed by atoms with E-state index in [0.29, 0.717) is 12.1 Å². The van der Waals surface area contributed by atoms with E-state index in [1.807, 2.05) is 0 Å². The molecular formula is C27H58N4O9P2. The normalized spacial score (nSPS) is 28.0. The maximum Gasteiger partial charge on any atom is 0.474 e. The van der Waals surface area contributed by atoms with Gasteiger partial charge in [-0.25, -0.2) is 9.13 Å². The molecule has 0 aromatic rings. The summed E-state index contributed by atoms with van der Waals surface area (Å²) in [5.41, 5.74) is 0. The maximum atomic E-state index is 12.9. The molecule has 0 spiro atoms. The van der Waals surface area contributed by atoms with Gasteiger partial charge in [-0.15, -0.1) is 0 Å². The highest BCUT2D eigenvalue weighted by molar-refractivity contribution is 7.47. The van der Waals surface area contributed by atoms with Crippen molar-refractivity contribution in [1.29, 1.82) is 0 Å². The average Bonchev–Trinajstić information content (AvgIpc) is 3.43. The minimum atomic E-state index is -4.59. The Balaban J connectivity index is 1.93.